The lowest BCUT2D eigenvalue weighted by molar-refractivity contribution is -0.137. The molecule has 1 aliphatic rings. The van der Waals surface area contributed by atoms with Crippen LogP contribution >= 0.6 is 0 Å². The maximum Gasteiger partial charge on any atom is 0.417 e. The second-order valence-corrected chi connectivity index (χ2v) is 9.16. The van der Waals surface area contributed by atoms with Gasteiger partial charge in [0.25, 0.3) is 0 Å². The van der Waals surface area contributed by atoms with Crippen LogP contribution in [-0.4, -0.2) is 60.7 Å². The Morgan fingerprint density at radius 1 is 1.14 bits per heavy atom. The zero-order valence-corrected chi connectivity index (χ0v) is 19.4. The van der Waals surface area contributed by atoms with Gasteiger partial charge in [-0.2, -0.15) is 13.2 Å². The average Bonchev–Trinajstić information content (AvgIpc) is 3.44. The van der Waals surface area contributed by atoms with Crippen LogP contribution < -0.4 is 0 Å². The molecule has 0 saturated carbocycles. The summed E-state index contributed by atoms with van der Waals surface area (Å²) in [5.41, 5.74) is 0.226. The smallest absolute Gasteiger partial charge is 0.417 e. The van der Waals surface area contributed by atoms with Gasteiger partial charge in [0, 0.05) is 30.7 Å². The summed E-state index contributed by atoms with van der Waals surface area (Å²) in [6, 6.07) is 5.48. The Bertz CT molecular complexity index is 1150. The van der Waals surface area contributed by atoms with Crippen LogP contribution in [0.1, 0.15) is 38.1 Å². The van der Waals surface area contributed by atoms with E-state index in [1.165, 1.54) is 11.0 Å². The van der Waals surface area contributed by atoms with E-state index in [1.54, 1.807) is 50.1 Å². The standard InChI is InChI=1S/C23H25F3N6O3/c1-22(2,3)35-21(33)31-12-19(32-11-18(29-30-32)15-5-4-8-27-9-15)20(13-31)34-14-17-7-6-16(10-28-17)23(24,25)26/h4-11,19-20H,12-14H2,1-3H3/t19-,20-/m1/s1. The summed E-state index contributed by atoms with van der Waals surface area (Å²) in [7, 11) is 0. The number of pyridine rings is 2. The Morgan fingerprint density at radius 2 is 1.94 bits per heavy atom. The van der Waals surface area contributed by atoms with Crippen LogP contribution in [0.5, 0.6) is 0 Å². The van der Waals surface area contributed by atoms with Gasteiger partial charge in [0.15, 0.2) is 0 Å². The fourth-order valence-electron chi connectivity index (χ4n) is 3.61. The molecule has 1 saturated heterocycles. The van der Waals surface area contributed by atoms with Crippen molar-refractivity contribution in [3.63, 3.8) is 0 Å². The van der Waals surface area contributed by atoms with Crippen LogP contribution in [-0.2, 0) is 22.3 Å². The lowest BCUT2D eigenvalue weighted by Crippen LogP contribution is -2.36. The molecule has 35 heavy (non-hydrogen) atoms. The zero-order chi connectivity index (χ0) is 25.2. The van der Waals surface area contributed by atoms with Gasteiger partial charge in [0.2, 0.25) is 0 Å². The number of halogens is 3. The van der Waals surface area contributed by atoms with Crippen LogP contribution in [0.15, 0.2) is 49.1 Å². The summed E-state index contributed by atoms with van der Waals surface area (Å²) in [6.07, 6.45) is 0.366. The minimum Gasteiger partial charge on any atom is -0.444 e. The zero-order valence-electron chi connectivity index (χ0n) is 19.4. The molecule has 9 nitrogen and oxygen atoms in total. The third-order valence-corrected chi connectivity index (χ3v) is 5.29. The molecule has 0 aliphatic carbocycles. The summed E-state index contributed by atoms with van der Waals surface area (Å²) in [4.78, 5) is 22.2. The molecular weight excluding hydrogens is 465 g/mol. The Kier molecular flexibility index (Phi) is 6.75. The molecule has 0 N–H and O–H groups in total. The van der Waals surface area contributed by atoms with Gasteiger partial charge in [-0.05, 0) is 45.0 Å². The van der Waals surface area contributed by atoms with Crippen molar-refractivity contribution in [1.29, 1.82) is 0 Å². The van der Waals surface area contributed by atoms with Crippen molar-refractivity contribution in [3.8, 4) is 11.3 Å². The van der Waals surface area contributed by atoms with Crippen molar-refractivity contribution >= 4 is 6.09 Å². The number of hydrogen-bond donors (Lipinski definition) is 0. The van der Waals surface area contributed by atoms with E-state index < -0.39 is 35.6 Å². The van der Waals surface area contributed by atoms with Gasteiger partial charge in [-0.3, -0.25) is 9.97 Å². The number of carbonyl (C=O) groups excluding carboxylic acids is 1. The van der Waals surface area contributed by atoms with Gasteiger partial charge in [0.1, 0.15) is 11.3 Å². The van der Waals surface area contributed by atoms with Crippen molar-refractivity contribution < 1.29 is 27.4 Å². The fraction of sp³-hybridized carbons (Fsp3) is 0.435. The predicted octanol–water partition coefficient (Wildman–Crippen LogP) is 4.13. The lowest BCUT2D eigenvalue weighted by atomic mass is 10.2. The summed E-state index contributed by atoms with van der Waals surface area (Å²) in [6.45, 7) is 5.77. The second kappa shape index (κ2) is 9.61. The molecule has 1 fully saturated rings. The molecule has 0 spiro atoms. The Balaban J connectivity index is 1.51. The van der Waals surface area contributed by atoms with E-state index in [0.29, 0.717) is 11.4 Å². The molecule has 0 bridgehead atoms. The summed E-state index contributed by atoms with van der Waals surface area (Å²) in [5.74, 6) is 0. The third-order valence-electron chi connectivity index (χ3n) is 5.29. The SMILES string of the molecule is CC(C)(C)OC(=O)N1C[C@@H](n2cc(-c3cccnc3)nn2)[C@H](OCc2ccc(C(F)(F)F)cn2)C1. The van der Waals surface area contributed by atoms with E-state index >= 15 is 0 Å². The highest BCUT2D eigenvalue weighted by molar-refractivity contribution is 5.68. The number of aromatic nitrogens is 5. The molecule has 3 aromatic rings. The number of rotatable bonds is 5. The largest absolute Gasteiger partial charge is 0.444 e. The van der Waals surface area contributed by atoms with Crippen molar-refractivity contribution in [2.45, 2.75) is 51.3 Å². The Labute approximate surface area is 199 Å². The van der Waals surface area contributed by atoms with Gasteiger partial charge in [-0.25, -0.2) is 9.48 Å². The molecule has 3 aromatic heterocycles. The number of nitrogens with zero attached hydrogens (tertiary/aromatic N) is 6. The Morgan fingerprint density at radius 3 is 2.57 bits per heavy atom. The van der Waals surface area contributed by atoms with E-state index in [0.717, 1.165) is 17.8 Å². The highest BCUT2D eigenvalue weighted by Crippen LogP contribution is 2.30. The maximum absolute atomic E-state index is 12.8. The Hall–Kier alpha value is -3.54. The first kappa shape index (κ1) is 24.6. The molecule has 12 heteroatoms. The van der Waals surface area contributed by atoms with Crippen LogP contribution in [0.3, 0.4) is 0 Å². The normalized spacial score (nSPS) is 18.6. The first-order chi connectivity index (χ1) is 16.5. The predicted molar refractivity (Wildman–Crippen MR) is 118 cm³/mol. The van der Waals surface area contributed by atoms with Crippen molar-refractivity contribution in [3.05, 3.63) is 60.3 Å². The van der Waals surface area contributed by atoms with E-state index in [2.05, 4.69) is 20.3 Å². The van der Waals surface area contributed by atoms with Gasteiger partial charge >= 0.3 is 12.3 Å². The van der Waals surface area contributed by atoms with E-state index in [-0.39, 0.29) is 19.7 Å². The minimum absolute atomic E-state index is 0.0361. The number of hydrogen-bond acceptors (Lipinski definition) is 7. The van der Waals surface area contributed by atoms with Crippen LogP contribution in [0.2, 0.25) is 0 Å². The van der Waals surface area contributed by atoms with Gasteiger partial charge < -0.3 is 14.4 Å². The monoisotopic (exact) mass is 490 g/mol. The molecule has 0 radical (unpaired) electrons. The quantitative estimate of drug-likeness (QED) is 0.531. The van der Waals surface area contributed by atoms with E-state index in [4.69, 9.17) is 9.47 Å². The van der Waals surface area contributed by atoms with Crippen molar-refractivity contribution in [2.75, 3.05) is 13.1 Å². The summed E-state index contributed by atoms with van der Waals surface area (Å²) < 4.78 is 51.6. The topological polar surface area (TPSA) is 95.3 Å². The van der Waals surface area contributed by atoms with Crippen LogP contribution in [0.25, 0.3) is 11.3 Å². The van der Waals surface area contributed by atoms with Gasteiger partial charge in [0.05, 0.1) is 42.8 Å². The lowest BCUT2D eigenvalue weighted by Gasteiger charge is -2.24. The first-order valence-corrected chi connectivity index (χ1v) is 10.9. The number of likely N-dealkylation sites (tertiary alicyclic amines) is 1. The van der Waals surface area contributed by atoms with Gasteiger partial charge in [-0.1, -0.05) is 5.21 Å². The van der Waals surface area contributed by atoms with Crippen molar-refractivity contribution in [2.24, 2.45) is 0 Å². The molecular formula is C23H25F3N6O3. The van der Waals surface area contributed by atoms with Gasteiger partial charge in [-0.15, -0.1) is 5.10 Å². The molecule has 1 aliphatic heterocycles. The molecule has 4 rings (SSSR count). The summed E-state index contributed by atoms with van der Waals surface area (Å²) >= 11 is 0. The van der Waals surface area contributed by atoms with E-state index in [9.17, 15) is 18.0 Å². The molecule has 4 heterocycles. The minimum atomic E-state index is -4.46. The highest BCUT2D eigenvalue weighted by atomic mass is 19.4. The maximum atomic E-state index is 12.8. The number of amides is 1. The second-order valence-electron chi connectivity index (χ2n) is 9.16. The average molecular weight is 490 g/mol. The molecule has 0 aromatic carbocycles. The molecule has 0 unspecified atom stereocenters. The third kappa shape index (κ3) is 6.13. The number of alkyl halides is 3. The molecule has 186 valence electrons. The van der Waals surface area contributed by atoms with Crippen LogP contribution in [0, 0.1) is 0 Å². The first-order valence-electron chi connectivity index (χ1n) is 10.9. The van der Waals surface area contributed by atoms with Crippen molar-refractivity contribution in [1.82, 2.24) is 29.9 Å². The number of ether oxygens (including phenoxy) is 2. The number of carbonyl (C=O) groups is 1. The highest BCUT2D eigenvalue weighted by Gasteiger charge is 2.40. The molecule has 2 atom stereocenters. The van der Waals surface area contributed by atoms with Crippen LogP contribution in [0.4, 0.5) is 18.0 Å². The summed E-state index contributed by atoms with van der Waals surface area (Å²) in [5, 5.41) is 8.44. The molecule has 1 amide bonds. The van der Waals surface area contributed by atoms with E-state index in [1.807, 2.05) is 6.07 Å². The fourth-order valence-corrected chi connectivity index (χ4v) is 3.61.